The molecule has 0 aliphatic carbocycles. The van der Waals surface area contributed by atoms with Crippen molar-refractivity contribution in [3.63, 3.8) is 0 Å². The number of imidazole rings is 1. The monoisotopic (exact) mass is 268 g/mol. The van der Waals surface area contributed by atoms with Crippen molar-refractivity contribution >= 4 is 29.1 Å². The molecule has 0 fully saturated rings. The van der Waals surface area contributed by atoms with E-state index in [4.69, 9.17) is 0 Å². The third kappa shape index (κ3) is 2.39. The van der Waals surface area contributed by atoms with E-state index in [1.165, 1.54) is 17.3 Å². The smallest absolute Gasteiger partial charge is 0.171 e. The summed E-state index contributed by atoms with van der Waals surface area (Å²) in [6.07, 6.45) is 0.870. The van der Waals surface area contributed by atoms with E-state index in [0.717, 1.165) is 27.4 Å². The first-order valence-electron chi connectivity index (χ1n) is 5.95. The normalized spacial score (nSPS) is 10.8. The quantitative estimate of drug-likeness (QED) is 0.734. The maximum atomic E-state index is 11.0. The van der Waals surface area contributed by atoms with E-state index in [1.54, 1.807) is 0 Å². The Hall–Kier alpha value is -2.07. The average Bonchev–Trinajstić information content (AvgIpc) is 2.80. The molecular formula is C15H12N2OS. The number of aromatic amines is 1. The van der Waals surface area contributed by atoms with Crippen LogP contribution in [0.4, 0.5) is 0 Å². The van der Waals surface area contributed by atoms with Crippen molar-refractivity contribution in [1.29, 1.82) is 0 Å². The fraction of sp³-hybridized carbons (Fsp3) is 0.0667. The summed E-state index contributed by atoms with van der Waals surface area (Å²) in [7, 11) is 0. The molecule has 0 aliphatic rings. The minimum atomic E-state index is 0.684. The lowest BCUT2D eigenvalue weighted by Gasteiger charge is -2.00. The van der Waals surface area contributed by atoms with Crippen molar-refractivity contribution in [2.24, 2.45) is 0 Å². The van der Waals surface area contributed by atoms with Crippen LogP contribution in [-0.2, 0) is 0 Å². The van der Waals surface area contributed by atoms with Crippen LogP contribution in [0.15, 0.2) is 52.5 Å². The van der Waals surface area contributed by atoms with Gasteiger partial charge in [0.15, 0.2) is 11.4 Å². The zero-order chi connectivity index (χ0) is 13.2. The minimum Gasteiger partial charge on any atom is -0.333 e. The molecule has 0 saturated heterocycles. The molecule has 4 heteroatoms. The lowest BCUT2D eigenvalue weighted by Crippen LogP contribution is -1.84. The van der Waals surface area contributed by atoms with Gasteiger partial charge in [0.2, 0.25) is 0 Å². The number of hydrogen-bond donors (Lipinski definition) is 1. The summed E-state index contributed by atoms with van der Waals surface area (Å²) in [6.45, 7) is 2.05. The maximum absolute atomic E-state index is 11.0. The number of nitrogens with one attached hydrogen (secondary N) is 1. The van der Waals surface area contributed by atoms with E-state index in [0.29, 0.717) is 5.56 Å². The van der Waals surface area contributed by atoms with Gasteiger partial charge in [-0.05, 0) is 30.7 Å². The first-order valence-corrected chi connectivity index (χ1v) is 6.76. The number of hydrogen-bond acceptors (Lipinski definition) is 3. The molecule has 2 aromatic carbocycles. The summed E-state index contributed by atoms with van der Waals surface area (Å²) in [5.74, 6) is 0. The largest absolute Gasteiger partial charge is 0.333 e. The van der Waals surface area contributed by atoms with E-state index in [2.05, 4.69) is 23.0 Å². The molecule has 1 N–H and O–H groups in total. The van der Waals surface area contributed by atoms with Crippen molar-refractivity contribution < 1.29 is 4.79 Å². The third-order valence-corrected chi connectivity index (χ3v) is 3.85. The molecule has 19 heavy (non-hydrogen) atoms. The van der Waals surface area contributed by atoms with Gasteiger partial charge in [0, 0.05) is 10.5 Å². The molecule has 0 bridgehead atoms. The molecule has 0 spiro atoms. The average molecular weight is 268 g/mol. The van der Waals surface area contributed by atoms with E-state index in [-0.39, 0.29) is 0 Å². The molecule has 3 nitrogen and oxygen atoms in total. The highest BCUT2D eigenvalue weighted by molar-refractivity contribution is 7.99. The van der Waals surface area contributed by atoms with Crippen LogP contribution >= 0.6 is 11.8 Å². The predicted molar refractivity (Wildman–Crippen MR) is 76.8 cm³/mol. The van der Waals surface area contributed by atoms with Crippen LogP contribution in [0.2, 0.25) is 0 Å². The Morgan fingerprint density at radius 2 is 2.05 bits per heavy atom. The number of H-pyrrole nitrogens is 1. The van der Waals surface area contributed by atoms with E-state index in [9.17, 15) is 4.79 Å². The van der Waals surface area contributed by atoms with Gasteiger partial charge in [-0.3, -0.25) is 4.79 Å². The molecule has 0 unspecified atom stereocenters. The van der Waals surface area contributed by atoms with Gasteiger partial charge in [-0.2, -0.15) is 0 Å². The van der Waals surface area contributed by atoms with Crippen LogP contribution in [0.5, 0.6) is 0 Å². The highest BCUT2D eigenvalue weighted by Crippen LogP contribution is 2.29. The van der Waals surface area contributed by atoms with Crippen molar-refractivity contribution in [2.75, 3.05) is 0 Å². The van der Waals surface area contributed by atoms with Crippen LogP contribution in [0.25, 0.3) is 11.0 Å². The molecule has 0 atom stereocenters. The maximum Gasteiger partial charge on any atom is 0.171 e. The van der Waals surface area contributed by atoms with Gasteiger partial charge < -0.3 is 4.98 Å². The second kappa shape index (κ2) is 4.90. The van der Waals surface area contributed by atoms with Gasteiger partial charge in [-0.15, -0.1) is 0 Å². The molecule has 94 valence electrons. The van der Waals surface area contributed by atoms with Crippen LogP contribution in [0.3, 0.4) is 0 Å². The number of rotatable bonds is 3. The van der Waals surface area contributed by atoms with E-state index >= 15 is 0 Å². The van der Waals surface area contributed by atoms with Crippen LogP contribution < -0.4 is 0 Å². The zero-order valence-corrected chi connectivity index (χ0v) is 11.2. The molecule has 3 rings (SSSR count). The molecule has 3 aromatic rings. The van der Waals surface area contributed by atoms with Crippen molar-refractivity contribution in [3.05, 3.63) is 53.6 Å². The van der Waals surface area contributed by atoms with Crippen LogP contribution in [0.1, 0.15) is 15.9 Å². The predicted octanol–water partition coefficient (Wildman–Crippen LogP) is 3.84. The highest BCUT2D eigenvalue weighted by atomic mass is 32.2. The molecule has 1 heterocycles. The summed E-state index contributed by atoms with van der Waals surface area (Å²) in [5, 5.41) is 0.801. The Morgan fingerprint density at radius 3 is 2.89 bits per heavy atom. The molecule has 0 amide bonds. The highest BCUT2D eigenvalue weighted by Gasteiger charge is 2.07. The number of benzene rings is 2. The number of aldehydes is 1. The van der Waals surface area contributed by atoms with Crippen LogP contribution in [-0.4, -0.2) is 16.3 Å². The lowest BCUT2D eigenvalue weighted by atomic mass is 10.2. The Kier molecular flexibility index (Phi) is 3.09. The Labute approximate surface area is 115 Å². The molecule has 1 aromatic heterocycles. The van der Waals surface area contributed by atoms with Crippen molar-refractivity contribution in [3.8, 4) is 0 Å². The van der Waals surface area contributed by atoms with E-state index < -0.39 is 0 Å². The fourth-order valence-corrected chi connectivity index (χ4v) is 2.82. The number of nitrogens with zero attached hydrogens (tertiary/aromatic N) is 1. The Bertz CT molecular complexity index is 749. The number of carbonyl (C=O) groups excluding carboxylic acids is 1. The summed E-state index contributed by atoms with van der Waals surface area (Å²) in [4.78, 5) is 19.7. The first-order chi connectivity index (χ1) is 9.26. The second-order valence-electron chi connectivity index (χ2n) is 4.32. The number of aromatic nitrogens is 2. The third-order valence-electron chi connectivity index (χ3n) is 2.87. The van der Waals surface area contributed by atoms with E-state index in [1.807, 2.05) is 36.4 Å². The summed E-state index contributed by atoms with van der Waals surface area (Å²) < 4.78 is 0. The standard InChI is InChI=1S/C15H12N2OS/c1-10-6-7-12-13(8-10)17-15(16-12)19-14-5-3-2-4-11(14)9-18/h2-9H,1H3,(H,16,17). The second-order valence-corrected chi connectivity index (χ2v) is 5.35. The van der Waals surface area contributed by atoms with Gasteiger partial charge in [-0.25, -0.2) is 4.98 Å². The van der Waals surface area contributed by atoms with Crippen molar-refractivity contribution in [2.45, 2.75) is 17.0 Å². The SMILES string of the molecule is Cc1ccc2nc(Sc3ccccc3C=O)[nH]c2c1. The summed E-state index contributed by atoms with van der Waals surface area (Å²) >= 11 is 1.47. The first kappa shape index (κ1) is 12.0. The lowest BCUT2D eigenvalue weighted by molar-refractivity contribution is 0.112. The minimum absolute atomic E-state index is 0.684. The molecular weight excluding hydrogens is 256 g/mol. The zero-order valence-electron chi connectivity index (χ0n) is 10.4. The molecule has 0 saturated carbocycles. The number of aryl methyl sites for hydroxylation is 1. The molecule has 0 aliphatic heterocycles. The van der Waals surface area contributed by atoms with Crippen LogP contribution in [0, 0.1) is 6.92 Å². The summed E-state index contributed by atoms with van der Waals surface area (Å²) in [5.41, 5.74) is 3.84. The topological polar surface area (TPSA) is 45.8 Å². The number of carbonyl (C=O) groups is 1. The summed E-state index contributed by atoms with van der Waals surface area (Å²) in [6, 6.07) is 13.6. The van der Waals surface area contributed by atoms with Gasteiger partial charge in [0.25, 0.3) is 0 Å². The molecule has 0 radical (unpaired) electrons. The van der Waals surface area contributed by atoms with Gasteiger partial charge >= 0.3 is 0 Å². The number of fused-ring (bicyclic) bond motifs is 1. The fourth-order valence-electron chi connectivity index (χ4n) is 1.92. The van der Waals surface area contributed by atoms with Crippen molar-refractivity contribution in [1.82, 2.24) is 9.97 Å². The van der Waals surface area contributed by atoms with Gasteiger partial charge in [-0.1, -0.05) is 36.0 Å². The Morgan fingerprint density at radius 1 is 1.21 bits per heavy atom. The Balaban J connectivity index is 1.99. The van der Waals surface area contributed by atoms with Gasteiger partial charge in [0.1, 0.15) is 0 Å². The van der Waals surface area contributed by atoms with Gasteiger partial charge in [0.05, 0.1) is 11.0 Å².